The molecule has 0 amide bonds. The Hall–Kier alpha value is -1.49. The molecule has 0 atom stereocenters. The summed E-state index contributed by atoms with van der Waals surface area (Å²) in [5, 5.41) is 9.90. The normalized spacial score (nSPS) is 11.1. The fraction of sp³-hybridized carbons (Fsp3) is 0.417. The maximum absolute atomic E-state index is 9.90. The molecule has 0 spiro atoms. The lowest BCUT2D eigenvalue weighted by molar-refractivity contribution is 0.444. The van der Waals surface area contributed by atoms with Gasteiger partial charge in [0.2, 0.25) is 0 Å². The minimum atomic E-state index is -0.198. The average Bonchev–Trinajstić information content (AvgIpc) is 2.07. The third-order valence-corrected chi connectivity index (χ3v) is 2.23. The van der Waals surface area contributed by atoms with Gasteiger partial charge in [-0.05, 0) is 17.9 Å². The number of aromatic hydroxyl groups is 1. The van der Waals surface area contributed by atoms with Gasteiger partial charge >= 0.3 is 0 Å². The van der Waals surface area contributed by atoms with E-state index in [9.17, 15) is 5.11 Å². The summed E-state index contributed by atoms with van der Waals surface area (Å²) in [4.78, 5) is 3.43. The molecule has 74 valence electrons. The number of phenolic OH excluding ortho intramolecular Hbond substituents is 1. The minimum absolute atomic E-state index is 0.198. The lowest BCUT2D eigenvalue weighted by Gasteiger charge is -2.23. The fourth-order valence-corrected chi connectivity index (χ4v) is 1.52. The molecule has 0 aromatic heterocycles. The third kappa shape index (κ3) is 1.72. The van der Waals surface area contributed by atoms with E-state index in [1.807, 2.05) is 27.7 Å². The SMILES string of the molecule is [C-]#[N+]c1ccc(C)c(O)c1C(C)(C)C. The molecule has 14 heavy (non-hydrogen) atoms. The van der Waals surface area contributed by atoms with E-state index in [-0.39, 0.29) is 11.2 Å². The number of nitrogens with zero attached hydrogens (tertiary/aromatic N) is 1. The van der Waals surface area contributed by atoms with Gasteiger partial charge in [0, 0.05) is 5.56 Å². The number of phenols is 1. The molecule has 1 rings (SSSR count). The second kappa shape index (κ2) is 3.34. The largest absolute Gasteiger partial charge is 0.509 e. The van der Waals surface area contributed by atoms with Crippen LogP contribution in [0.4, 0.5) is 5.69 Å². The molecule has 2 nitrogen and oxygen atoms in total. The Labute approximate surface area is 85.0 Å². The van der Waals surface area contributed by atoms with E-state index in [2.05, 4.69) is 4.85 Å². The Morgan fingerprint density at radius 1 is 1.29 bits per heavy atom. The van der Waals surface area contributed by atoms with Gasteiger partial charge in [-0.15, -0.1) is 0 Å². The zero-order valence-corrected chi connectivity index (χ0v) is 9.05. The van der Waals surface area contributed by atoms with Crippen molar-refractivity contribution in [2.75, 3.05) is 0 Å². The van der Waals surface area contributed by atoms with Crippen molar-refractivity contribution in [3.8, 4) is 5.75 Å². The van der Waals surface area contributed by atoms with Crippen molar-refractivity contribution in [3.05, 3.63) is 34.7 Å². The van der Waals surface area contributed by atoms with Crippen LogP contribution in [0.1, 0.15) is 31.9 Å². The monoisotopic (exact) mass is 189 g/mol. The quantitative estimate of drug-likeness (QED) is 0.620. The Kier molecular flexibility index (Phi) is 2.53. The number of rotatable bonds is 0. The van der Waals surface area contributed by atoms with Crippen LogP contribution in [0.2, 0.25) is 0 Å². The molecule has 0 aliphatic carbocycles. The first kappa shape index (κ1) is 10.6. The van der Waals surface area contributed by atoms with E-state index >= 15 is 0 Å². The van der Waals surface area contributed by atoms with Crippen LogP contribution in [-0.4, -0.2) is 5.11 Å². The molecule has 0 saturated carbocycles. The highest BCUT2D eigenvalue weighted by Gasteiger charge is 2.22. The topological polar surface area (TPSA) is 24.6 Å². The highest BCUT2D eigenvalue weighted by atomic mass is 16.3. The van der Waals surface area contributed by atoms with E-state index in [0.29, 0.717) is 5.69 Å². The number of hydrogen-bond acceptors (Lipinski definition) is 1. The Morgan fingerprint density at radius 3 is 2.29 bits per heavy atom. The summed E-state index contributed by atoms with van der Waals surface area (Å²) in [6.07, 6.45) is 0. The van der Waals surface area contributed by atoms with Crippen LogP contribution in [0.25, 0.3) is 4.85 Å². The fourth-order valence-electron chi connectivity index (χ4n) is 1.52. The van der Waals surface area contributed by atoms with Gasteiger partial charge in [0.25, 0.3) is 0 Å². The van der Waals surface area contributed by atoms with Crippen LogP contribution in [0.5, 0.6) is 5.75 Å². The summed E-state index contributed by atoms with van der Waals surface area (Å²) in [7, 11) is 0. The predicted molar refractivity (Wildman–Crippen MR) is 57.8 cm³/mol. The van der Waals surface area contributed by atoms with E-state index in [4.69, 9.17) is 6.57 Å². The molecule has 0 heterocycles. The third-order valence-electron chi connectivity index (χ3n) is 2.23. The molecule has 0 fully saturated rings. The van der Waals surface area contributed by atoms with Crippen LogP contribution in [0, 0.1) is 13.5 Å². The first-order valence-corrected chi connectivity index (χ1v) is 4.58. The Morgan fingerprint density at radius 2 is 1.86 bits per heavy atom. The molecule has 0 radical (unpaired) electrons. The first-order chi connectivity index (χ1) is 6.38. The van der Waals surface area contributed by atoms with Crippen molar-refractivity contribution in [1.82, 2.24) is 0 Å². The van der Waals surface area contributed by atoms with Gasteiger partial charge in [-0.3, -0.25) is 0 Å². The molecule has 1 aromatic carbocycles. The van der Waals surface area contributed by atoms with Gasteiger partial charge in [0.15, 0.2) is 5.69 Å². The van der Waals surface area contributed by atoms with Crippen LogP contribution in [0.15, 0.2) is 12.1 Å². The lowest BCUT2D eigenvalue weighted by Crippen LogP contribution is -2.11. The Bertz CT molecular complexity index is 394. The van der Waals surface area contributed by atoms with Gasteiger partial charge < -0.3 is 5.11 Å². The second-order valence-electron chi connectivity index (χ2n) is 4.49. The van der Waals surface area contributed by atoms with Crippen molar-refractivity contribution in [3.63, 3.8) is 0 Å². The number of benzene rings is 1. The molecular formula is C12H15NO. The molecule has 0 bridgehead atoms. The molecule has 0 aliphatic heterocycles. The number of hydrogen-bond donors (Lipinski definition) is 1. The summed E-state index contributed by atoms with van der Waals surface area (Å²) in [5.41, 5.74) is 1.91. The highest BCUT2D eigenvalue weighted by molar-refractivity contribution is 5.63. The summed E-state index contributed by atoms with van der Waals surface area (Å²) >= 11 is 0. The molecule has 1 aromatic rings. The van der Waals surface area contributed by atoms with Gasteiger partial charge in [-0.25, -0.2) is 4.85 Å². The van der Waals surface area contributed by atoms with Crippen LogP contribution in [-0.2, 0) is 5.41 Å². The summed E-state index contributed by atoms with van der Waals surface area (Å²) in [5.74, 6) is 0.256. The lowest BCUT2D eigenvalue weighted by atomic mass is 9.84. The zero-order chi connectivity index (χ0) is 10.9. The van der Waals surface area contributed by atoms with Crippen LogP contribution >= 0.6 is 0 Å². The van der Waals surface area contributed by atoms with Crippen molar-refractivity contribution >= 4 is 5.69 Å². The molecule has 0 unspecified atom stereocenters. The number of aryl methyl sites for hydroxylation is 1. The van der Waals surface area contributed by atoms with Gasteiger partial charge in [-0.2, -0.15) is 0 Å². The van der Waals surface area contributed by atoms with Crippen molar-refractivity contribution in [2.24, 2.45) is 0 Å². The summed E-state index contributed by atoms with van der Waals surface area (Å²) < 4.78 is 0. The van der Waals surface area contributed by atoms with E-state index in [1.165, 1.54) is 0 Å². The van der Waals surface area contributed by atoms with Gasteiger partial charge in [0.1, 0.15) is 5.75 Å². The van der Waals surface area contributed by atoms with Crippen LogP contribution < -0.4 is 0 Å². The van der Waals surface area contributed by atoms with E-state index in [0.717, 1.165) is 11.1 Å². The van der Waals surface area contributed by atoms with E-state index < -0.39 is 0 Å². The summed E-state index contributed by atoms with van der Waals surface area (Å²) in [6.45, 7) is 14.9. The second-order valence-corrected chi connectivity index (χ2v) is 4.49. The minimum Gasteiger partial charge on any atom is -0.509 e. The maximum atomic E-state index is 9.90. The molecule has 1 N–H and O–H groups in total. The zero-order valence-electron chi connectivity index (χ0n) is 9.05. The maximum Gasteiger partial charge on any atom is 0.194 e. The molecule has 0 saturated heterocycles. The van der Waals surface area contributed by atoms with Crippen LogP contribution in [0.3, 0.4) is 0 Å². The molecule has 0 aliphatic rings. The highest BCUT2D eigenvalue weighted by Crippen LogP contribution is 2.40. The standard InChI is InChI=1S/C12H15NO/c1-8-6-7-9(13-5)10(11(8)14)12(2,3)4/h6-7,14H,1-4H3. The molecule has 2 heteroatoms. The summed E-state index contributed by atoms with van der Waals surface area (Å²) in [6, 6.07) is 3.54. The van der Waals surface area contributed by atoms with E-state index in [1.54, 1.807) is 12.1 Å². The first-order valence-electron chi connectivity index (χ1n) is 4.58. The smallest absolute Gasteiger partial charge is 0.194 e. The van der Waals surface area contributed by atoms with Crippen molar-refractivity contribution in [2.45, 2.75) is 33.1 Å². The van der Waals surface area contributed by atoms with Crippen molar-refractivity contribution < 1.29 is 5.11 Å². The average molecular weight is 189 g/mol. The molecular weight excluding hydrogens is 174 g/mol. The van der Waals surface area contributed by atoms with Gasteiger partial charge in [0.05, 0.1) is 6.57 Å². The van der Waals surface area contributed by atoms with Gasteiger partial charge in [-0.1, -0.05) is 32.9 Å². The Balaban J connectivity index is 3.54. The van der Waals surface area contributed by atoms with Crippen molar-refractivity contribution in [1.29, 1.82) is 0 Å². The predicted octanol–water partition coefficient (Wildman–Crippen LogP) is 3.55.